The van der Waals surface area contributed by atoms with Gasteiger partial charge in [-0.15, -0.1) is 0 Å². The van der Waals surface area contributed by atoms with Crippen molar-refractivity contribution in [1.29, 1.82) is 0 Å². The second kappa shape index (κ2) is 7.27. The quantitative estimate of drug-likeness (QED) is 0.437. The Balaban J connectivity index is 1.47. The average Bonchev–Trinajstić information content (AvgIpc) is 3.39. The number of halogens is 1. The number of aromatic nitrogens is 5. The second-order valence-electron chi connectivity index (χ2n) is 6.92. The molecule has 3 heterocycles. The van der Waals surface area contributed by atoms with Gasteiger partial charge in [0.1, 0.15) is 12.1 Å². The van der Waals surface area contributed by atoms with E-state index in [2.05, 4.69) is 15.2 Å². The summed E-state index contributed by atoms with van der Waals surface area (Å²) in [6.45, 7) is 2.19. The summed E-state index contributed by atoms with van der Waals surface area (Å²) in [4.78, 5) is 17.4. The van der Waals surface area contributed by atoms with E-state index in [1.165, 1.54) is 4.57 Å². The fourth-order valence-electron chi connectivity index (χ4n) is 3.32. The standard InChI is InChI=1S/C22H16ClN5O2/c1-14-4-2-3-5-17(14)18-12-19-22(29)27(10-11-28(19)25-18)13-20-24-21(26-30-20)15-6-8-16(23)9-7-15/h2-12H,13H2,1H3. The van der Waals surface area contributed by atoms with E-state index in [9.17, 15) is 4.79 Å². The van der Waals surface area contributed by atoms with Crippen LogP contribution in [0.15, 0.2) is 76.3 Å². The molecule has 2 aromatic carbocycles. The monoisotopic (exact) mass is 417 g/mol. The van der Waals surface area contributed by atoms with Crippen LogP contribution in [0, 0.1) is 6.92 Å². The molecule has 0 unspecified atom stereocenters. The molecule has 0 aliphatic rings. The summed E-state index contributed by atoms with van der Waals surface area (Å²) < 4.78 is 8.45. The maximum atomic E-state index is 13.0. The van der Waals surface area contributed by atoms with Crippen LogP contribution in [-0.2, 0) is 6.54 Å². The van der Waals surface area contributed by atoms with Crippen molar-refractivity contribution in [2.45, 2.75) is 13.5 Å². The zero-order chi connectivity index (χ0) is 20.7. The van der Waals surface area contributed by atoms with Crippen molar-refractivity contribution in [3.05, 3.63) is 93.8 Å². The molecule has 0 saturated carbocycles. The summed E-state index contributed by atoms with van der Waals surface area (Å²) in [6, 6.07) is 16.9. The van der Waals surface area contributed by atoms with Crippen LogP contribution >= 0.6 is 11.6 Å². The van der Waals surface area contributed by atoms with Gasteiger partial charge in [0, 0.05) is 28.5 Å². The van der Waals surface area contributed by atoms with Crippen LogP contribution in [0.5, 0.6) is 0 Å². The van der Waals surface area contributed by atoms with Gasteiger partial charge in [0.2, 0.25) is 11.7 Å². The number of hydrogen-bond donors (Lipinski definition) is 0. The van der Waals surface area contributed by atoms with Crippen LogP contribution in [0.4, 0.5) is 0 Å². The van der Waals surface area contributed by atoms with E-state index in [0.29, 0.717) is 22.3 Å². The molecule has 5 aromatic rings. The van der Waals surface area contributed by atoms with Gasteiger partial charge >= 0.3 is 0 Å². The van der Waals surface area contributed by atoms with Crippen molar-refractivity contribution >= 4 is 17.1 Å². The second-order valence-corrected chi connectivity index (χ2v) is 7.36. The third kappa shape index (κ3) is 3.29. The first-order valence-electron chi connectivity index (χ1n) is 9.32. The predicted molar refractivity (Wildman–Crippen MR) is 113 cm³/mol. The van der Waals surface area contributed by atoms with Crippen LogP contribution in [0.3, 0.4) is 0 Å². The molecule has 0 aliphatic carbocycles. The number of rotatable bonds is 4. The van der Waals surface area contributed by atoms with E-state index in [0.717, 1.165) is 22.4 Å². The van der Waals surface area contributed by atoms with Gasteiger partial charge < -0.3 is 9.09 Å². The minimum Gasteiger partial charge on any atom is -0.337 e. The van der Waals surface area contributed by atoms with Crippen molar-refractivity contribution in [2.75, 3.05) is 0 Å². The van der Waals surface area contributed by atoms with E-state index >= 15 is 0 Å². The predicted octanol–water partition coefficient (Wildman–Crippen LogP) is 4.22. The molecule has 0 aliphatic heterocycles. The van der Waals surface area contributed by atoms with Crippen molar-refractivity contribution in [2.24, 2.45) is 0 Å². The zero-order valence-electron chi connectivity index (χ0n) is 16.0. The first-order valence-corrected chi connectivity index (χ1v) is 9.69. The van der Waals surface area contributed by atoms with Gasteiger partial charge in [-0.1, -0.05) is 41.0 Å². The Morgan fingerprint density at radius 3 is 2.67 bits per heavy atom. The highest BCUT2D eigenvalue weighted by Gasteiger charge is 2.13. The van der Waals surface area contributed by atoms with Gasteiger partial charge in [-0.2, -0.15) is 10.1 Å². The molecule has 0 radical (unpaired) electrons. The van der Waals surface area contributed by atoms with E-state index in [-0.39, 0.29) is 12.1 Å². The summed E-state index contributed by atoms with van der Waals surface area (Å²) in [5.41, 5.74) is 3.93. The third-order valence-electron chi connectivity index (χ3n) is 4.90. The number of nitrogens with zero attached hydrogens (tertiary/aromatic N) is 5. The van der Waals surface area contributed by atoms with Crippen molar-refractivity contribution in [3.63, 3.8) is 0 Å². The highest BCUT2D eigenvalue weighted by molar-refractivity contribution is 6.30. The van der Waals surface area contributed by atoms with Crippen LogP contribution in [0.25, 0.3) is 28.2 Å². The van der Waals surface area contributed by atoms with Gasteiger partial charge in [-0.3, -0.25) is 4.79 Å². The molecule has 0 N–H and O–H groups in total. The van der Waals surface area contributed by atoms with Crippen molar-refractivity contribution in [1.82, 2.24) is 24.3 Å². The van der Waals surface area contributed by atoms with E-state index in [1.54, 1.807) is 35.1 Å². The lowest BCUT2D eigenvalue weighted by Gasteiger charge is -2.02. The summed E-state index contributed by atoms with van der Waals surface area (Å²) in [6.07, 6.45) is 3.41. The Kier molecular flexibility index (Phi) is 4.44. The lowest BCUT2D eigenvalue weighted by molar-refractivity contribution is 0.370. The van der Waals surface area contributed by atoms with E-state index in [1.807, 2.05) is 43.3 Å². The fourth-order valence-corrected chi connectivity index (χ4v) is 3.45. The molecular formula is C22H16ClN5O2. The van der Waals surface area contributed by atoms with Crippen LogP contribution in [-0.4, -0.2) is 24.3 Å². The molecule has 7 nitrogen and oxygen atoms in total. The minimum atomic E-state index is -0.184. The highest BCUT2D eigenvalue weighted by atomic mass is 35.5. The molecule has 148 valence electrons. The smallest absolute Gasteiger partial charge is 0.277 e. The Labute approximate surface area is 176 Å². The Morgan fingerprint density at radius 2 is 1.87 bits per heavy atom. The van der Waals surface area contributed by atoms with Crippen LogP contribution < -0.4 is 5.56 Å². The number of aryl methyl sites for hydroxylation is 1. The Bertz CT molecular complexity index is 1420. The first kappa shape index (κ1) is 18.3. The molecule has 0 amide bonds. The largest absolute Gasteiger partial charge is 0.337 e. The zero-order valence-corrected chi connectivity index (χ0v) is 16.7. The van der Waals surface area contributed by atoms with Crippen molar-refractivity contribution in [3.8, 4) is 22.6 Å². The van der Waals surface area contributed by atoms with Gasteiger partial charge in [0.15, 0.2) is 0 Å². The summed E-state index contributed by atoms with van der Waals surface area (Å²) >= 11 is 5.92. The molecule has 5 rings (SSSR count). The lowest BCUT2D eigenvalue weighted by atomic mass is 10.1. The van der Waals surface area contributed by atoms with Gasteiger partial charge in [-0.05, 0) is 42.8 Å². The Morgan fingerprint density at radius 1 is 1.07 bits per heavy atom. The maximum Gasteiger partial charge on any atom is 0.277 e. The molecule has 8 heteroatoms. The van der Waals surface area contributed by atoms with Gasteiger partial charge in [0.25, 0.3) is 5.56 Å². The number of fused-ring (bicyclic) bond motifs is 1. The third-order valence-corrected chi connectivity index (χ3v) is 5.15. The molecular weight excluding hydrogens is 402 g/mol. The number of benzene rings is 2. The van der Waals surface area contributed by atoms with Crippen LogP contribution in [0.1, 0.15) is 11.5 Å². The molecule has 30 heavy (non-hydrogen) atoms. The fraction of sp³-hybridized carbons (Fsp3) is 0.0909. The molecule has 0 spiro atoms. The van der Waals surface area contributed by atoms with Gasteiger partial charge in [0.05, 0.1) is 5.69 Å². The van der Waals surface area contributed by atoms with E-state index in [4.69, 9.17) is 16.1 Å². The van der Waals surface area contributed by atoms with E-state index < -0.39 is 0 Å². The Hall–Kier alpha value is -3.71. The maximum absolute atomic E-state index is 13.0. The summed E-state index contributed by atoms with van der Waals surface area (Å²) in [7, 11) is 0. The normalized spacial score (nSPS) is 11.3. The summed E-state index contributed by atoms with van der Waals surface area (Å²) in [5.74, 6) is 0.784. The molecule has 0 bridgehead atoms. The SMILES string of the molecule is Cc1ccccc1-c1cc2c(=O)n(Cc3nc(-c4ccc(Cl)cc4)no3)ccn2n1. The summed E-state index contributed by atoms with van der Waals surface area (Å²) in [5, 5.41) is 9.17. The minimum absolute atomic E-state index is 0.167. The van der Waals surface area contributed by atoms with Crippen molar-refractivity contribution < 1.29 is 4.52 Å². The highest BCUT2D eigenvalue weighted by Crippen LogP contribution is 2.22. The van der Waals surface area contributed by atoms with Crippen LogP contribution in [0.2, 0.25) is 5.02 Å². The molecule has 0 saturated heterocycles. The average molecular weight is 418 g/mol. The molecule has 3 aromatic heterocycles. The first-order chi connectivity index (χ1) is 14.6. The molecule has 0 atom stereocenters. The lowest BCUT2D eigenvalue weighted by Crippen LogP contribution is -2.21. The molecule has 0 fully saturated rings. The topological polar surface area (TPSA) is 78.2 Å². The van der Waals surface area contributed by atoms with Gasteiger partial charge in [-0.25, -0.2) is 4.52 Å². The number of hydrogen-bond acceptors (Lipinski definition) is 5.